The van der Waals surface area contributed by atoms with Crippen molar-refractivity contribution in [2.75, 3.05) is 19.4 Å². The first-order valence-corrected chi connectivity index (χ1v) is 7.17. The van der Waals surface area contributed by atoms with Crippen molar-refractivity contribution < 1.29 is 13.2 Å². The molecule has 102 valence electrons. The monoisotopic (exact) mass is 274 g/mol. The summed E-state index contributed by atoms with van der Waals surface area (Å²) in [5.74, 6) is 0.0240. The summed E-state index contributed by atoms with van der Waals surface area (Å²) in [5.41, 5.74) is 5.63. The van der Waals surface area contributed by atoms with Gasteiger partial charge in [-0.2, -0.15) is 9.40 Å². The fraction of sp³-hybridized carbons (Fsp3) is 0.700. The van der Waals surface area contributed by atoms with Gasteiger partial charge in [-0.3, -0.25) is 4.68 Å². The van der Waals surface area contributed by atoms with Crippen LogP contribution in [-0.2, 0) is 21.8 Å². The third kappa shape index (κ3) is 2.11. The molecule has 2 atom stereocenters. The fourth-order valence-corrected chi connectivity index (χ4v) is 3.75. The molecule has 1 aliphatic heterocycles. The van der Waals surface area contributed by atoms with Crippen LogP contribution in [0.1, 0.15) is 13.3 Å². The summed E-state index contributed by atoms with van der Waals surface area (Å²) >= 11 is 0. The minimum Gasteiger partial charge on any atom is -0.381 e. The molecule has 2 heterocycles. The average molecular weight is 274 g/mol. The van der Waals surface area contributed by atoms with Gasteiger partial charge in [-0.25, -0.2) is 8.42 Å². The van der Waals surface area contributed by atoms with Crippen LogP contribution >= 0.6 is 0 Å². The van der Waals surface area contributed by atoms with Gasteiger partial charge in [0.2, 0.25) is 10.0 Å². The van der Waals surface area contributed by atoms with E-state index in [0.29, 0.717) is 13.0 Å². The lowest BCUT2D eigenvalue weighted by atomic mass is 10.2. The second-order valence-corrected chi connectivity index (χ2v) is 6.47. The molecule has 18 heavy (non-hydrogen) atoms. The highest BCUT2D eigenvalue weighted by Gasteiger charge is 2.36. The van der Waals surface area contributed by atoms with Crippen molar-refractivity contribution in [3.63, 3.8) is 0 Å². The molecule has 0 amide bonds. The number of rotatable bonds is 3. The Bertz CT molecular complexity index is 539. The number of aryl methyl sites for hydroxylation is 1. The van der Waals surface area contributed by atoms with Gasteiger partial charge in [-0.1, -0.05) is 0 Å². The maximum absolute atomic E-state index is 12.4. The molecule has 2 unspecified atom stereocenters. The van der Waals surface area contributed by atoms with Gasteiger partial charge in [0.25, 0.3) is 0 Å². The van der Waals surface area contributed by atoms with Gasteiger partial charge in [0.05, 0.1) is 12.1 Å². The van der Waals surface area contributed by atoms with Gasteiger partial charge in [-0.05, 0) is 13.3 Å². The Hall–Kier alpha value is -1.12. The molecule has 2 rings (SSSR count). The zero-order valence-corrected chi connectivity index (χ0v) is 11.5. The number of aromatic nitrogens is 2. The smallest absolute Gasteiger partial charge is 0.248 e. The number of nitrogen functional groups attached to an aromatic ring is 1. The molecule has 1 aliphatic rings. The Morgan fingerprint density at radius 1 is 1.61 bits per heavy atom. The maximum atomic E-state index is 12.4. The highest BCUT2D eigenvalue weighted by molar-refractivity contribution is 7.89. The van der Waals surface area contributed by atoms with E-state index >= 15 is 0 Å². The lowest BCUT2D eigenvalue weighted by molar-refractivity contribution is 0.102. The summed E-state index contributed by atoms with van der Waals surface area (Å²) in [5, 5.41) is 3.86. The third-order valence-electron chi connectivity index (χ3n) is 3.28. The van der Waals surface area contributed by atoms with Crippen LogP contribution in [0.5, 0.6) is 0 Å². The summed E-state index contributed by atoms with van der Waals surface area (Å²) in [4.78, 5) is 0.0478. The summed E-state index contributed by atoms with van der Waals surface area (Å²) < 4.78 is 33.0. The minimum atomic E-state index is -3.62. The second-order valence-electron chi connectivity index (χ2n) is 4.51. The molecule has 0 saturated carbocycles. The quantitative estimate of drug-likeness (QED) is 0.824. The predicted molar refractivity (Wildman–Crippen MR) is 66.4 cm³/mol. The molecule has 0 aliphatic carbocycles. The SMILES string of the molecule is CC1OCCC1N(C)S(=O)(=O)c1cn(C)nc1N. The van der Waals surface area contributed by atoms with Gasteiger partial charge in [0.15, 0.2) is 5.82 Å². The summed E-state index contributed by atoms with van der Waals surface area (Å²) in [7, 11) is -0.431. The van der Waals surface area contributed by atoms with E-state index in [0.717, 1.165) is 0 Å². The molecular formula is C10H18N4O3S. The van der Waals surface area contributed by atoms with Crippen LogP contribution in [0.3, 0.4) is 0 Å². The largest absolute Gasteiger partial charge is 0.381 e. The lowest BCUT2D eigenvalue weighted by Crippen LogP contribution is -2.41. The Morgan fingerprint density at radius 3 is 2.72 bits per heavy atom. The first-order chi connectivity index (χ1) is 8.34. The van der Waals surface area contributed by atoms with Gasteiger partial charge >= 0.3 is 0 Å². The van der Waals surface area contributed by atoms with Gasteiger partial charge < -0.3 is 10.5 Å². The molecular weight excluding hydrogens is 256 g/mol. The highest BCUT2D eigenvalue weighted by atomic mass is 32.2. The normalized spacial score (nSPS) is 24.9. The molecule has 1 aromatic heterocycles. The van der Waals surface area contributed by atoms with E-state index in [1.54, 1.807) is 14.1 Å². The van der Waals surface area contributed by atoms with E-state index in [9.17, 15) is 8.42 Å². The maximum Gasteiger partial charge on any atom is 0.248 e. The van der Waals surface area contributed by atoms with Crippen molar-refractivity contribution in [2.24, 2.45) is 7.05 Å². The highest BCUT2D eigenvalue weighted by Crippen LogP contribution is 2.26. The van der Waals surface area contributed by atoms with Crippen molar-refractivity contribution >= 4 is 15.8 Å². The molecule has 7 nitrogen and oxygen atoms in total. The number of nitrogens with two attached hydrogens (primary N) is 1. The molecule has 0 bridgehead atoms. The van der Waals surface area contributed by atoms with Crippen molar-refractivity contribution in [1.29, 1.82) is 0 Å². The first-order valence-electron chi connectivity index (χ1n) is 5.73. The fourth-order valence-electron chi connectivity index (χ4n) is 2.21. The number of likely N-dealkylation sites (N-methyl/N-ethyl adjacent to an activating group) is 1. The third-order valence-corrected chi connectivity index (χ3v) is 5.18. The van der Waals surface area contributed by atoms with Crippen LogP contribution in [0.15, 0.2) is 11.1 Å². The molecule has 1 aromatic rings. The standard InChI is InChI=1S/C10H18N4O3S/c1-7-8(4-5-17-7)14(3)18(15,16)9-6-13(2)12-10(9)11/h6-8H,4-5H2,1-3H3,(H2,11,12). The zero-order valence-electron chi connectivity index (χ0n) is 10.7. The summed E-state index contributed by atoms with van der Waals surface area (Å²) in [6.07, 6.45) is 2.00. The molecule has 0 radical (unpaired) electrons. The Balaban J connectivity index is 2.34. The predicted octanol–water partition coefficient (Wildman–Crippen LogP) is -0.200. The minimum absolute atomic E-state index is 0.0240. The van der Waals surface area contributed by atoms with Crippen molar-refractivity contribution in [3.8, 4) is 0 Å². The Labute approximate surface area is 107 Å². The molecule has 1 fully saturated rings. The van der Waals surface area contributed by atoms with Gasteiger partial charge in [0.1, 0.15) is 4.90 Å². The summed E-state index contributed by atoms with van der Waals surface area (Å²) in [6.45, 7) is 2.45. The number of anilines is 1. The van der Waals surface area contributed by atoms with E-state index in [-0.39, 0.29) is 22.9 Å². The van der Waals surface area contributed by atoms with Crippen molar-refractivity contribution in [2.45, 2.75) is 30.4 Å². The molecule has 0 aromatic carbocycles. The number of sulfonamides is 1. The lowest BCUT2D eigenvalue weighted by Gasteiger charge is -2.25. The average Bonchev–Trinajstić information content (AvgIpc) is 2.83. The van der Waals surface area contributed by atoms with Crippen LogP contribution < -0.4 is 5.73 Å². The van der Waals surface area contributed by atoms with E-state index < -0.39 is 10.0 Å². The molecule has 1 saturated heterocycles. The number of ether oxygens (including phenoxy) is 1. The Kier molecular flexibility index (Phi) is 3.35. The van der Waals surface area contributed by atoms with Crippen molar-refractivity contribution in [3.05, 3.63) is 6.20 Å². The van der Waals surface area contributed by atoms with E-state index in [2.05, 4.69) is 5.10 Å². The topological polar surface area (TPSA) is 90.5 Å². The van der Waals surface area contributed by atoms with Gasteiger partial charge in [-0.15, -0.1) is 0 Å². The second kappa shape index (κ2) is 4.52. The van der Waals surface area contributed by atoms with Gasteiger partial charge in [0, 0.05) is 26.9 Å². The molecule has 8 heteroatoms. The number of hydrogen-bond acceptors (Lipinski definition) is 5. The molecule has 0 spiro atoms. The van der Waals surface area contributed by atoms with E-state index in [1.165, 1.54) is 15.2 Å². The van der Waals surface area contributed by atoms with Crippen LogP contribution in [0.4, 0.5) is 5.82 Å². The van der Waals surface area contributed by atoms with Crippen LogP contribution in [0.25, 0.3) is 0 Å². The van der Waals surface area contributed by atoms with E-state index in [1.807, 2.05) is 6.92 Å². The molecule has 2 N–H and O–H groups in total. The van der Waals surface area contributed by atoms with Crippen LogP contribution in [0, 0.1) is 0 Å². The Morgan fingerprint density at radius 2 is 2.28 bits per heavy atom. The van der Waals surface area contributed by atoms with Crippen LogP contribution in [0.2, 0.25) is 0 Å². The number of nitrogens with zero attached hydrogens (tertiary/aromatic N) is 3. The first kappa shape index (κ1) is 13.3. The van der Waals surface area contributed by atoms with Crippen LogP contribution in [-0.4, -0.2) is 48.3 Å². The number of hydrogen-bond donors (Lipinski definition) is 1. The summed E-state index contributed by atoms with van der Waals surface area (Å²) in [6, 6.07) is -0.158. The zero-order chi connectivity index (χ0) is 13.5. The van der Waals surface area contributed by atoms with E-state index in [4.69, 9.17) is 10.5 Å². The van der Waals surface area contributed by atoms with Crippen molar-refractivity contribution in [1.82, 2.24) is 14.1 Å².